The molecular formula is C19H26N10OS. The average Bonchev–Trinajstić information content (AvgIpc) is 3.43. The molecule has 0 aliphatic carbocycles. The van der Waals surface area contributed by atoms with E-state index in [1.807, 2.05) is 26.0 Å². The van der Waals surface area contributed by atoms with Gasteiger partial charge in [0.25, 0.3) is 5.78 Å². The van der Waals surface area contributed by atoms with Crippen LogP contribution >= 0.6 is 11.8 Å². The molecule has 0 radical (unpaired) electrons. The number of carbonyl (C=O) groups excluding carboxylic acids is 1. The van der Waals surface area contributed by atoms with Crippen molar-refractivity contribution in [1.82, 2.24) is 29.5 Å². The number of rotatable bonds is 9. The van der Waals surface area contributed by atoms with Crippen LogP contribution < -0.4 is 20.9 Å². The van der Waals surface area contributed by atoms with E-state index in [0.717, 1.165) is 37.4 Å². The van der Waals surface area contributed by atoms with Crippen molar-refractivity contribution in [2.75, 3.05) is 52.8 Å². The van der Waals surface area contributed by atoms with Gasteiger partial charge in [-0.3, -0.25) is 4.79 Å². The van der Waals surface area contributed by atoms with Crippen molar-refractivity contribution < 1.29 is 4.79 Å². The molecule has 31 heavy (non-hydrogen) atoms. The molecule has 164 valence electrons. The van der Waals surface area contributed by atoms with Gasteiger partial charge < -0.3 is 20.9 Å². The molecule has 3 aromatic rings. The molecule has 0 spiro atoms. The topological polar surface area (TPSA) is 125 Å². The number of thioether (sulfide) groups is 1. The second-order valence-corrected chi connectivity index (χ2v) is 7.90. The number of carbonyl (C=O) groups is 1. The maximum atomic E-state index is 12.7. The smallest absolute Gasteiger partial charge is 0.261 e. The first-order chi connectivity index (χ1) is 15.2. The third-order valence-corrected chi connectivity index (χ3v) is 5.64. The highest BCUT2D eigenvalue weighted by Crippen LogP contribution is 2.27. The number of hydrogen-bond acceptors (Lipinski definition) is 10. The van der Waals surface area contributed by atoms with Gasteiger partial charge in [-0.05, 0) is 38.8 Å². The highest BCUT2D eigenvalue weighted by atomic mass is 32.2. The van der Waals surface area contributed by atoms with E-state index in [-0.39, 0.29) is 11.7 Å². The van der Waals surface area contributed by atoms with E-state index in [1.165, 1.54) is 11.8 Å². The lowest BCUT2D eigenvalue weighted by Crippen LogP contribution is -2.23. The summed E-state index contributed by atoms with van der Waals surface area (Å²) >= 11 is 1.28. The van der Waals surface area contributed by atoms with Crippen LogP contribution in [0.1, 0.15) is 26.7 Å². The first kappa shape index (κ1) is 21.1. The van der Waals surface area contributed by atoms with Crippen molar-refractivity contribution in [3.63, 3.8) is 0 Å². The summed E-state index contributed by atoms with van der Waals surface area (Å²) in [6.45, 7) is 7.26. The summed E-state index contributed by atoms with van der Waals surface area (Å²) in [5.74, 6) is 2.36. The summed E-state index contributed by atoms with van der Waals surface area (Å²) in [6, 6.07) is 3.71. The second-order valence-electron chi connectivity index (χ2n) is 6.96. The lowest BCUT2D eigenvalue weighted by Gasteiger charge is -2.19. The Morgan fingerprint density at radius 1 is 1.13 bits per heavy atom. The fraction of sp³-hybridized carbons (Fsp3) is 0.474. The van der Waals surface area contributed by atoms with Crippen LogP contribution in [0, 0.1) is 0 Å². The van der Waals surface area contributed by atoms with Crippen LogP contribution in [0.5, 0.6) is 0 Å². The molecule has 4 heterocycles. The van der Waals surface area contributed by atoms with E-state index < -0.39 is 0 Å². The maximum Gasteiger partial charge on any atom is 0.261 e. The Kier molecular flexibility index (Phi) is 6.65. The summed E-state index contributed by atoms with van der Waals surface area (Å²) in [5, 5.41) is 18.2. The SMILES string of the molecule is CCNc1nc(NCC)n2c(SCC(=O)Nc3cccnc3N3CCCC3)nnc2n1. The Balaban J connectivity index is 1.48. The molecule has 1 aliphatic heterocycles. The molecule has 0 saturated carbocycles. The first-order valence-corrected chi connectivity index (χ1v) is 11.4. The molecule has 0 atom stereocenters. The van der Waals surface area contributed by atoms with Crippen LogP contribution in [-0.2, 0) is 4.79 Å². The Morgan fingerprint density at radius 3 is 2.71 bits per heavy atom. The molecule has 3 N–H and O–H groups in total. The number of amides is 1. The van der Waals surface area contributed by atoms with Gasteiger partial charge in [0, 0.05) is 32.4 Å². The maximum absolute atomic E-state index is 12.7. The molecule has 0 aromatic carbocycles. The van der Waals surface area contributed by atoms with E-state index in [0.29, 0.717) is 35.9 Å². The molecule has 3 aromatic heterocycles. The zero-order chi connectivity index (χ0) is 21.6. The van der Waals surface area contributed by atoms with Gasteiger partial charge in [0.2, 0.25) is 17.8 Å². The van der Waals surface area contributed by atoms with E-state index in [1.54, 1.807) is 10.6 Å². The molecule has 1 aliphatic rings. The zero-order valence-corrected chi connectivity index (χ0v) is 18.4. The summed E-state index contributed by atoms with van der Waals surface area (Å²) in [7, 11) is 0. The predicted molar refractivity (Wildman–Crippen MR) is 122 cm³/mol. The Bertz CT molecular complexity index is 1050. The van der Waals surface area contributed by atoms with E-state index in [2.05, 4.69) is 46.0 Å². The van der Waals surface area contributed by atoms with Crippen molar-refractivity contribution in [2.24, 2.45) is 0 Å². The first-order valence-electron chi connectivity index (χ1n) is 10.4. The molecule has 0 bridgehead atoms. The van der Waals surface area contributed by atoms with Gasteiger partial charge in [0.05, 0.1) is 11.4 Å². The number of fused-ring (bicyclic) bond motifs is 1. The third kappa shape index (κ3) is 4.79. The Morgan fingerprint density at radius 2 is 1.94 bits per heavy atom. The summed E-state index contributed by atoms with van der Waals surface area (Å²) in [6.07, 6.45) is 4.04. The fourth-order valence-corrected chi connectivity index (χ4v) is 4.12. The van der Waals surface area contributed by atoms with Crippen molar-refractivity contribution in [3.05, 3.63) is 18.3 Å². The van der Waals surface area contributed by atoms with Gasteiger partial charge in [0.1, 0.15) is 0 Å². The Labute approximate surface area is 184 Å². The molecule has 1 saturated heterocycles. The predicted octanol–water partition coefficient (Wildman–Crippen LogP) is 2.11. The highest BCUT2D eigenvalue weighted by molar-refractivity contribution is 7.99. The fourth-order valence-electron chi connectivity index (χ4n) is 3.39. The number of aromatic nitrogens is 6. The van der Waals surface area contributed by atoms with Crippen LogP contribution in [0.4, 0.5) is 23.4 Å². The molecular weight excluding hydrogens is 416 g/mol. The van der Waals surface area contributed by atoms with E-state index in [4.69, 9.17) is 0 Å². The van der Waals surface area contributed by atoms with Gasteiger partial charge in [-0.1, -0.05) is 11.8 Å². The summed E-state index contributed by atoms with van der Waals surface area (Å²) in [4.78, 5) is 28.2. The molecule has 1 fully saturated rings. The molecule has 12 heteroatoms. The van der Waals surface area contributed by atoms with Crippen molar-refractivity contribution in [3.8, 4) is 0 Å². The zero-order valence-electron chi connectivity index (χ0n) is 17.6. The number of nitrogens with one attached hydrogen (secondary N) is 3. The number of nitrogens with zero attached hydrogens (tertiary/aromatic N) is 7. The average molecular weight is 443 g/mol. The number of pyridine rings is 1. The second kappa shape index (κ2) is 9.77. The molecule has 0 unspecified atom stereocenters. The molecule has 4 rings (SSSR count). The minimum absolute atomic E-state index is 0.134. The van der Waals surface area contributed by atoms with Gasteiger partial charge in [0.15, 0.2) is 11.0 Å². The van der Waals surface area contributed by atoms with Crippen molar-refractivity contribution in [2.45, 2.75) is 31.8 Å². The van der Waals surface area contributed by atoms with Gasteiger partial charge in [-0.15, -0.1) is 10.2 Å². The molecule has 1 amide bonds. The summed E-state index contributed by atoms with van der Waals surface area (Å²) < 4.78 is 1.72. The van der Waals surface area contributed by atoms with Gasteiger partial charge in [-0.25, -0.2) is 9.38 Å². The van der Waals surface area contributed by atoms with Crippen molar-refractivity contribution in [1.29, 1.82) is 0 Å². The summed E-state index contributed by atoms with van der Waals surface area (Å²) in [5.41, 5.74) is 0.730. The van der Waals surface area contributed by atoms with Crippen molar-refractivity contribution >= 4 is 46.8 Å². The van der Waals surface area contributed by atoms with E-state index in [9.17, 15) is 4.79 Å². The molecule has 11 nitrogen and oxygen atoms in total. The normalized spacial score (nSPS) is 13.5. The third-order valence-electron chi connectivity index (χ3n) is 4.71. The minimum atomic E-state index is -0.134. The van der Waals surface area contributed by atoms with Crippen LogP contribution in [-0.4, -0.2) is 67.4 Å². The van der Waals surface area contributed by atoms with E-state index >= 15 is 0 Å². The number of anilines is 4. The Hall–Kier alpha value is -3.15. The lowest BCUT2D eigenvalue weighted by molar-refractivity contribution is -0.113. The highest BCUT2D eigenvalue weighted by Gasteiger charge is 2.19. The standard InChI is InChI=1S/C19H26N10OS/c1-3-20-16-24-17(21-4-2)29-18(25-16)26-27-19(29)31-12-14(30)23-13-8-7-9-22-15(13)28-10-5-6-11-28/h7-9H,3-6,10-12H2,1-2H3,(H,23,30)(H2,20,21,24,25,26). The van der Waals surface area contributed by atoms with Crippen LogP contribution in [0.15, 0.2) is 23.5 Å². The van der Waals surface area contributed by atoms with Crippen LogP contribution in [0.3, 0.4) is 0 Å². The van der Waals surface area contributed by atoms with Crippen LogP contribution in [0.25, 0.3) is 5.78 Å². The van der Waals surface area contributed by atoms with Gasteiger partial charge >= 0.3 is 0 Å². The monoisotopic (exact) mass is 442 g/mol. The quantitative estimate of drug-likeness (QED) is 0.424. The van der Waals surface area contributed by atoms with Crippen LogP contribution in [0.2, 0.25) is 0 Å². The number of hydrogen-bond donors (Lipinski definition) is 3. The minimum Gasteiger partial charge on any atom is -0.355 e. The lowest BCUT2D eigenvalue weighted by atomic mass is 10.3. The van der Waals surface area contributed by atoms with Gasteiger partial charge in [-0.2, -0.15) is 9.97 Å². The largest absolute Gasteiger partial charge is 0.355 e.